The van der Waals surface area contributed by atoms with E-state index in [1.165, 1.54) is 23.9 Å². The molecule has 2 aliphatic heterocycles. The minimum Gasteiger partial charge on any atom is -0.444 e. The second-order valence-electron chi connectivity index (χ2n) is 20.2. The Labute approximate surface area is 453 Å². The van der Waals surface area contributed by atoms with Crippen molar-refractivity contribution in [3.63, 3.8) is 0 Å². The number of nitrogens with zero attached hydrogens (tertiary/aromatic N) is 4. The van der Waals surface area contributed by atoms with Gasteiger partial charge in [-0.25, -0.2) is 26.4 Å². The van der Waals surface area contributed by atoms with Gasteiger partial charge in [-0.15, -0.1) is 11.8 Å². The Morgan fingerprint density at radius 1 is 0.829 bits per heavy atom. The third-order valence-corrected chi connectivity index (χ3v) is 17.7. The molecule has 21 heteroatoms. The monoisotopic (exact) mass is 1130 g/mol. The molecular weight excluding hydrogens is 1060 g/mol. The molecule has 76 heavy (non-hydrogen) atoms. The van der Waals surface area contributed by atoms with Gasteiger partial charge in [0, 0.05) is 72.2 Å². The number of aliphatic hydroxyl groups is 1. The number of piperazine rings is 1. The minimum absolute atomic E-state index is 0.0286. The van der Waals surface area contributed by atoms with E-state index in [1.807, 2.05) is 111 Å². The van der Waals surface area contributed by atoms with Gasteiger partial charge in [0.15, 0.2) is 0 Å². The molecule has 2 unspecified atom stereocenters. The lowest BCUT2D eigenvalue weighted by Gasteiger charge is -2.36. The van der Waals surface area contributed by atoms with E-state index in [4.69, 9.17) is 16.3 Å². The van der Waals surface area contributed by atoms with Gasteiger partial charge in [-0.1, -0.05) is 66.2 Å². The van der Waals surface area contributed by atoms with E-state index in [-0.39, 0.29) is 17.6 Å². The number of nitrogens with one attached hydrogen (secondary N) is 2. The molecule has 2 heterocycles. The van der Waals surface area contributed by atoms with Crippen molar-refractivity contribution < 1.29 is 49.4 Å². The number of sulfonamides is 1. The quantitative estimate of drug-likeness (QED) is 0.0631. The molecule has 2 amide bonds. The molecule has 5 aromatic carbocycles. The summed E-state index contributed by atoms with van der Waals surface area (Å²) in [6, 6.07) is 32.5. The first kappa shape index (κ1) is 58.3. The van der Waals surface area contributed by atoms with Crippen molar-refractivity contribution in [3.8, 4) is 11.1 Å². The van der Waals surface area contributed by atoms with E-state index < -0.39 is 64.5 Å². The molecule has 3 N–H and O–H groups in total. The van der Waals surface area contributed by atoms with Gasteiger partial charge in [0.05, 0.1) is 16.7 Å². The molecule has 0 spiro atoms. The number of hydrogen-bond acceptors (Lipinski definition) is 13. The standard InChI is InChI=1S/C55H66ClF3N6O8S3/c1-54(2,3)73-53(68)65-35-33-63(34-36-65)29-10-28-62(4)30-27-43(38-74-45-11-6-5-7-12-45)60-49-24-23-46(37-50(49)75(69,70)55(57,58)59)76(71,72)61-52(67)41-17-21-44(22-18-41)64-31-25-40(26-32-64)51(66)48-14-9-8-13-47(48)39-15-19-42(56)20-16-39/h5-9,11-24,37,40,43,51,60,66H,10,25-36,38H2,1-4H3,(H,61,67). The third kappa shape index (κ3) is 15.7. The van der Waals surface area contributed by atoms with Crippen LogP contribution >= 0.6 is 23.4 Å². The number of thioether (sulfide) groups is 1. The van der Waals surface area contributed by atoms with Crippen LogP contribution in [0.5, 0.6) is 0 Å². The van der Waals surface area contributed by atoms with Crippen molar-refractivity contribution in [2.45, 2.75) is 84.4 Å². The van der Waals surface area contributed by atoms with Crippen LogP contribution in [0.2, 0.25) is 5.02 Å². The Bertz CT molecular complexity index is 2970. The van der Waals surface area contributed by atoms with E-state index in [2.05, 4.69) is 20.0 Å². The zero-order chi connectivity index (χ0) is 54.8. The number of carbonyl (C=O) groups excluding carboxylic acids is 2. The van der Waals surface area contributed by atoms with Gasteiger partial charge < -0.3 is 29.9 Å². The Morgan fingerprint density at radius 3 is 2.12 bits per heavy atom. The zero-order valence-corrected chi connectivity index (χ0v) is 46.2. The third-order valence-electron chi connectivity index (χ3n) is 13.5. The average molecular weight is 1130 g/mol. The largest absolute Gasteiger partial charge is 0.501 e. The van der Waals surface area contributed by atoms with Gasteiger partial charge in [-0.05, 0) is 162 Å². The smallest absolute Gasteiger partial charge is 0.444 e. The number of rotatable bonds is 20. The fourth-order valence-electron chi connectivity index (χ4n) is 9.24. The number of aliphatic hydroxyl groups excluding tert-OH is 1. The van der Waals surface area contributed by atoms with Crippen molar-refractivity contribution in [2.75, 3.05) is 81.9 Å². The maximum Gasteiger partial charge on any atom is 0.501 e. The number of sulfone groups is 1. The molecule has 0 aromatic heterocycles. The van der Waals surface area contributed by atoms with Gasteiger partial charge >= 0.3 is 11.6 Å². The normalized spacial score (nSPS) is 16.1. The Hall–Kier alpha value is -5.35. The minimum atomic E-state index is -6.12. The summed E-state index contributed by atoms with van der Waals surface area (Å²) < 4.78 is 104. The second kappa shape index (κ2) is 25.4. The van der Waals surface area contributed by atoms with Crippen molar-refractivity contribution in [1.29, 1.82) is 0 Å². The fourth-order valence-corrected chi connectivity index (χ4v) is 12.4. The molecule has 14 nitrogen and oxygen atoms in total. The Kier molecular flexibility index (Phi) is 19.5. The van der Waals surface area contributed by atoms with E-state index in [0.29, 0.717) is 88.5 Å². The van der Waals surface area contributed by atoms with Gasteiger partial charge in [0.1, 0.15) is 10.5 Å². The number of amides is 2. The lowest BCUT2D eigenvalue weighted by Crippen LogP contribution is -2.50. The van der Waals surface area contributed by atoms with Crippen LogP contribution in [0.3, 0.4) is 0 Å². The lowest BCUT2D eigenvalue weighted by molar-refractivity contribution is -0.0436. The topological polar surface area (TPSA) is 169 Å². The molecule has 0 aliphatic carbocycles. The van der Waals surface area contributed by atoms with E-state index in [0.717, 1.165) is 52.4 Å². The molecule has 0 radical (unpaired) electrons. The summed E-state index contributed by atoms with van der Waals surface area (Å²) in [6.45, 7) is 11.2. The summed E-state index contributed by atoms with van der Waals surface area (Å²) >= 11 is 7.54. The molecule has 0 bridgehead atoms. The van der Waals surface area contributed by atoms with Crippen LogP contribution in [-0.4, -0.2) is 137 Å². The SMILES string of the molecule is CN(CCCN1CCN(C(=O)OC(C)(C)C)CC1)CCC(CSc1ccccc1)Nc1ccc(S(=O)(=O)NC(=O)c2ccc(N3CCC(C(O)c4ccccc4-c4ccc(Cl)cc4)CC3)cc2)cc1S(=O)(=O)C(F)(F)F. The molecule has 2 aliphatic rings. The molecule has 2 fully saturated rings. The maximum atomic E-state index is 14.4. The number of carbonyl (C=O) groups is 2. The number of benzene rings is 5. The van der Waals surface area contributed by atoms with Crippen LogP contribution in [0.1, 0.15) is 68.5 Å². The van der Waals surface area contributed by atoms with Crippen LogP contribution < -0.4 is 14.9 Å². The van der Waals surface area contributed by atoms with Crippen LogP contribution in [-0.2, 0) is 24.6 Å². The molecular formula is C55H66ClF3N6O8S3. The number of ether oxygens (including phenoxy) is 1. The molecule has 0 saturated carbocycles. The number of anilines is 2. The fraction of sp³-hybridized carbons (Fsp3) is 0.418. The predicted molar refractivity (Wildman–Crippen MR) is 293 cm³/mol. The van der Waals surface area contributed by atoms with Crippen LogP contribution in [0.4, 0.5) is 29.3 Å². The number of hydrogen-bond donors (Lipinski definition) is 3. The highest BCUT2D eigenvalue weighted by Crippen LogP contribution is 2.39. The second-order valence-corrected chi connectivity index (χ2v) is 25.3. The Morgan fingerprint density at radius 2 is 1.47 bits per heavy atom. The number of piperidine rings is 1. The maximum absolute atomic E-state index is 14.4. The highest BCUT2D eigenvalue weighted by atomic mass is 35.5. The van der Waals surface area contributed by atoms with Crippen molar-refractivity contribution in [1.82, 2.24) is 19.4 Å². The van der Waals surface area contributed by atoms with Gasteiger partial charge in [-0.3, -0.25) is 9.69 Å². The van der Waals surface area contributed by atoms with Crippen LogP contribution in [0.25, 0.3) is 11.1 Å². The summed E-state index contributed by atoms with van der Waals surface area (Å²) in [5, 5.41) is 15.2. The van der Waals surface area contributed by atoms with Crippen LogP contribution in [0.15, 0.2) is 136 Å². The zero-order valence-electron chi connectivity index (χ0n) is 43.0. The summed E-state index contributed by atoms with van der Waals surface area (Å²) in [7, 11) is -9.10. The number of halogens is 4. The lowest BCUT2D eigenvalue weighted by atomic mass is 9.84. The van der Waals surface area contributed by atoms with Gasteiger partial charge in [-0.2, -0.15) is 13.2 Å². The summed E-state index contributed by atoms with van der Waals surface area (Å²) in [5.41, 5.74) is -3.40. The molecule has 5 aromatic rings. The molecule has 2 atom stereocenters. The summed E-state index contributed by atoms with van der Waals surface area (Å²) in [6.07, 6.45) is 1.48. The first-order chi connectivity index (χ1) is 36.0. The first-order valence-electron chi connectivity index (χ1n) is 25.2. The van der Waals surface area contributed by atoms with E-state index in [1.54, 1.807) is 17.0 Å². The molecule has 7 rings (SSSR count). The average Bonchev–Trinajstić information content (AvgIpc) is 3.39. The Balaban J connectivity index is 0.978. The van der Waals surface area contributed by atoms with Crippen molar-refractivity contribution >= 4 is 66.6 Å². The van der Waals surface area contributed by atoms with Gasteiger partial charge in [0.25, 0.3) is 25.8 Å². The molecule has 2 saturated heterocycles. The van der Waals surface area contributed by atoms with Gasteiger partial charge in [0.2, 0.25) is 0 Å². The molecule has 410 valence electrons. The van der Waals surface area contributed by atoms with E-state index >= 15 is 0 Å². The summed E-state index contributed by atoms with van der Waals surface area (Å²) in [4.78, 5) is 32.8. The highest BCUT2D eigenvalue weighted by molar-refractivity contribution is 7.99. The predicted octanol–water partition coefficient (Wildman–Crippen LogP) is 10.2. The van der Waals surface area contributed by atoms with Crippen molar-refractivity contribution in [2.24, 2.45) is 5.92 Å². The van der Waals surface area contributed by atoms with Crippen molar-refractivity contribution in [3.05, 3.63) is 137 Å². The summed E-state index contributed by atoms with van der Waals surface area (Å²) in [5.74, 6) is -0.778. The first-order valence-corrected chi connectivity index (χ1v) is 29.5. The van der Waals surface area contributed by atoms with E-state index in [9.17, 15) is 44.7 Å². The van der Waals surface area contributed by atoms with Crippen LogP contribution in [0, 0.1) is 5.92 Å². The number of alkyl halides is 3. The highest BCUT2D eigenvalue weighted by Gasteiger charge is 2.48.